The van der Waals surface area contributed by atoms with Crippen LogP contribution in [0.15, 0.2) is 18.2 Å². The largest absolute Gasteiger partial charge is 0.378 e. The van der Waals surface area contributed by atoms with E-state index in [9.17, 15) is 23.3 Å². The third-order valence-corrected chi connectivity index (χ3v) is 4.56. The van der Waals surface area contributed by atoms with Gasteiger partial charge in [0.25, 0.3) is 11.6 Å². The quantitative estimate of drug-likeness (QED) is 0.567. The van der Waals surface area contributed by atoms with E-state index in [1.54, 1.807) is 0 Å². The number of rotatable bonds is 7. The van der Waals surface area contributed by atoms with Gasteiger partial charge in [-0.3, -0.25) is 14.9 Å². The molecule has 0 atom stereocenters. The van der Waals surface area contributed by atoms with Crippen LogP contribution in [0.2, 0.25) is 0 Å². The Kier molecular flexibility index (Phi) is 5.65. The summed E-state index contributed by atoms with van der Waals surface area (Å²) in [6, 6.07) is 3.88. The molecule has 8 nitrogen and oxygen atoms in total. The molecule has 0 aromatic heterocycles. The van der Waals surface area contributed by atoms with Crippen LogP contribution in [0.1, 0.15) is 17.3 Å². The number of sulfone groups is 1. The van der Waals surface area contributed by atoms with Gasteiger partial charge < -0.3 is 10.6 Å². The molecule has 0 fully saturated rings. The van der Waals surface area contributed by atoms with Crippen LogP contribution in [0.4, 0.5) is 11.4 Å². The number of hydrogen-bond acceptors (Lipinski definition) is 6. The number of carbonyl (C=O) groups is 1. The zero-order valence-corrected chi connectivity index (χ0v) is 12.6. The topological polar surface area (TPSA) is 118 Å². The number of nitrogens with one attached hydrogen (secondary N) is 2. The highest BCUT2D eigenvalue weighted by molar-refractivity contribution is 7.91. The number of nitrogens with zero attached hydrogens (tertiary/aromatic N) is 1. The zero-order chi connectivity index (χ0) is 16.0. The molecule has 0 spiro atoms. The monoisotopic (exact) mass is 315 g/mol. The van der Waals surface area contributed by atoms with Crippen molar-refractivity contribution in [3.63, 3.8) is 0 Å². The van der Waals surface area contributed by atoms with E-state index in [2.05, 4.69) is 10.6 Å². The van der Waals surface area contributed by atoms with Crippen molar-refractivity contribution in [2.24, 2.45) is 0 Å². The highest BCUT2D eigenvalue weighted by Gasteiger charge is 2.17. The van der Waals surface area contributed by atoms with Gasteiger partial charge in [-0.1, -0.05) is 6.92 Å². The van der Waals surface area contributed by atoms with Gasteiger partial charge in [0.15, 0.2) is 9.84 Å². The van der Waals surface area contributed by atoms with E-state index >= 15 is 0 Å². The Morgan fingerprint density at radius 3 is 2.57 bits per heavy atom. The van der Waals surface area contributed by atoms with Crippen molar-refractivity contribution in [3.8, 4) is 0 Å². The maximum atomic E-state index is 11.5. The Morgan fingerprint density at radius 1 is 1.38 bits per heavy atom. The summed E-state index contributed by atoms with van der Waals surface area (Å²) in [5, 5.41) is 16.1. The van der Waals surface area contributed by atoms with E-state index in [4.69, 9.17) is 0 Å². The molecule has 0 unspecified atom stereocenters. The lowest BCUT2D eigenvalue weighted by Crippen LogP contribution is -2.19. The van der Waals surface area contributed by atoms with Crippen LogP contribution in [-0.2, 0) is 9.84 Å². The molecule has 0 aliphatic carbocycles. The molecule has 0 aliphatic rings. The molecule has 0 aliphatic heterocycles. The van der Waals surface area contributed by atoms with Gasteiger partial charge in [0, 0.05) is 31.0 Å². The van der Waals surface area contributed by atoms with Crippen molar-refractivity contribution in [2.45, 2.75) is 6.92 Å². The highest BCUT2D eigenvalue weighted by atomic mass is 32.2. The smallest absolute Gasteiger partial charge is 0.292 e. The molecule has 1 aromatic rings. The first kappa shape index (κ1) is 16.9. The second-order valence-electron chi connectivity index (χ2n) is 4.23. The average Bonchev–Trinajstić information content (AvgIpc) is 2.45. The highest BCUT2D eigenvalue weighted by Crippen LogP contribution is 2.25. The molecule has 116 valence electrons. The van der Waals surface area contributed by atoms with Crippen molar-refractivity contribution >= 4 is 27.1 Å². The second kappa shape index (κ2) is 7.02. The minimum Gasteiger partial charge on any atom is -0.378 e. The minimum absolute atomic E-state index is 0.00898. The fraction of sp³-hybridized carbons (Fsp3) is 0.417. The van der Waals surface area contributed by atoms with E-state index in [0.29, 0.717) is 0 Å². The predicted molar refractivity (Wildman–Crippen MR) is 79.3 cm³/mol. The summed E-state index contributed by atoms with van der Waals surface area (Å²) in [4.78, 5) is 21.9. The molecule has 2 N–H and O–H groups in total. The number of nitro benzene ring substituents is 1. The van der Waals surface area contributed by atoms with Crippen LogP contribution < -0.4 is 10.6 Å². The number of carbonyl (C=O) groups excluding carboxylic acids is 1. The lowest BCUT2D eigenvalue weighted by atomic mass is 10.1. The maximum absolute atomic E-state index is 11.5. The van der Waals surface area contributed by atoms with Crippen LogP contribution in [-0.4, -0.2) is 44.3 Å². The molecule has 1 amide bonds. The summed E-state index contributed by atoms with van der Waals surface area (Å²) in [6.07, 6.45) is 0. The van der Waals surface area contributed by atoms with Crippen LogP contribution in [0.25, 0.3) is 0 Å². The van der Waals surface area contributed by atoms with E-state index in [1.807, 2.05) is 0 Å². The summed E-state index contributed by atoms with van der Waals surface area (Å²) in [5.74, 6) is -0.506. The van der Waals surface area contributed by atoms with Gasteiger partial charge in [0.2, 0.25) is 0 Å². The standard InChI is InChI=1S/C12H17N3O5S/c1-3-21(19,20)7-6-14-10-8-9(12(16)13-2)4-5-11(10)15(17)18/h4-5,8,14H,3,6-7H2,1-2H3,(H,13,16). The summed E-state index contributed by atoms with van der Waals surface area (Å²) in [7, 11) is -1.72. The Hall–Kier alpha value is -2.16. The van der Waals surface area contributed by atoms with Gasteiger partial charge in [0.1, 0.15) is 5.69 Å². The molecule has 1 rings (SSSR count). The third-order valence-electron chi connectivity index (χ3n) is 2.85. The van der Waals surface area contributed by atoms with E-state index in [-0.39, 0.29) is 40.9 Å². The van der Waals surface area contributed by atoms with E-state index in [1.165, 1.54) is 32.2 Å². The lowest BCUT2D eigenvalue weighted by Gasteiger charge is -2.09. The Morgan fingerprint density at radius 2 is 2.05 bits per heavy atom. The minimum atomic E-state index is -3.17. The van der Waals surface area contributed by atoms with Crippen LogP contribution in [0, 0.1) is 10.1 Å². The molecule has 21 heavy (non-hydrogen) atoms. The van der Waals surface area contributed by atoms with Gasteiger partial charge in [-0.05, 0) is 12.1 Å². The molecule has 9 heteroatoms. The summed E-state index contributed by atoms with van der Waals surface area (Å²) < 4.78 is 22.8. The third kappa shape index (κ3) is 4.71. The number of hydrogen-bond donors (Lipinski definition) is 2. The molecule has 0 radical (unpaired) electrons. The molecule has 0 heterocycles. The van der Waals surface area contributed by atoms with Gasteiger partial charge >= 0.3 is 0 Å². The normalized spacial score (nSPS) is 11.0. The van der Waals surface area contributed by atoms with Crippen molar-refractivity contribution in [1.29, 1.82) is 0 Å². The van der Waals surface area contributed by atoms with Gasteiger partial charge in [-0.25, -0.2) is 8.42 Å². The predicted octanol–water partition coefficient (Wildman–Crippen LogP) is 0.801. The molecule has 0 saturated carbocycles. The van der Waals surface area contributed by atoms with Crippen LogP contribution in [0.5, 0.6) is 0 Å². The Balaban J connectivity index is 2.96. The van der Waals surface area contributed by atoms with Gasteiger partial charge in [-0.2, -0.15) is 0 Å². The fourth-order valence-corrected chi connectivity index (χ4v) is 2.31. The summed E-state index contributed by atoms with van der Waals surface area (Å²) in [6.45, 7) is 1.57. The molecule has 0 saturated heterocycles. The van der Waals surface area contributed by atoms with Crippen LogP contribution in [0.3, 0.4) is 0 Å². The first-order valence-corrected chi connectivity index (χ1v) is 8.07. The number of benzene rings is 1. The van der Waals surface area contributed by atoms with Crippen molar-refractivity contribution in [1.82, 2.24) is 5.32 Å². The fourth-order valence-electron chi connectivity index (χ4n) is 1.61. The van der Waals surface area contributed by atoms with E-state index in [0.717, 1.165) is 0 Å². The van der Waals surface area contributed by atoms with Crippen molar-refractivity contribution in [3.05, 3.63) is 33.9 Å². The summed E-state index contributed by atoms with van der Waals surface area (Å²) >= 11 is 0. The SMILES string of the molecule is CCS(=O)(=O)CCNc1cc(C(=O)NC)ccc1[N+](=O)[O-]. The van der Waals surface area contributed by atoms with Gasteiger partial charge in [0.05, 0.1) is 10.7 Å². The first-order chi connectivity index (χ1) is 9.80. The lowest BCUT2D eigenvalue weighted by molar-refractivity contribution is -0.384. The van der Waals surface area contributed by atoms with Crippen LogP contribution >= 0.6 is 0 Å². The van der Waals surface area contributed by atoms with Gasteiger partial charge in [-0.15, -0.1) is 0 Å². The average molecular weight is 315 g/mol. The molecular weight excluding hydrogens is 298 g/mol. The zero-order valence-electron chi connectivity index (χ0n) is 11.8. The molecule has 0 bridgehead atoms. The van der Waals surface area contributed by atoms with E-state index < -0.39 is 14.8 Å². The second-order valence-corrected chi connectivity index (χ2v) is 6.70. The molecular formula is C12H17N3O5S. The first-order valence-electron chi connectivity index (χ1n) is 6.25. The Bertz CT molecular complexity index is 642. The number of nitro groups is 1. The Labute approximate surface area is 122 Å². The molecule has 1 aromatic carbocycles. The van der Waals surface area contributed by atoms with Crippen molar-refractivity contribution < 1.29 is 18.1 Å². The number of anilines is 1. The summed E-state index contributed by atoms with van der Waals surface area (Å²) in [5.41, 5.74) is 0.160. The number of amides is 1. The maximum Gasteiger partial charge on any atom is 0.292 e. The van der Waals surface area contributed by atoms with Crippen molar-refractivity contribution in [2.75, 3.05) is 30.4 Å².